The Labute approximate surface area is 112 Å². The summed E-state index contributed by atoms with van der Waals surface area (Å²) in [6.07, 6.45) is 1.73. The lowest BCUT2D eigenvalue weighted by molar-refractivity contribution is -0.136. The average molecular weight is 262 g/mol. The van der Waals surface area contributed by atoms with Crippen LogP contribution in [0.4, 0.5) is 5.69 Å². The smallest absolute Gasteiger partial charge is 0.307 e. The Morgan fingerprint density at radius 3 is 2.42 bits per heavy atom. The van der Waals surface area contributed by atoms with Gasteiger partial charge in [0.15, 0.2) is 0 Å². The lowest BCUT2D eigenvalue weighted by Crippen LogP contribution is -2.34. The van der Waals surface area contributed by atoms with Crippen LogP contribution in [0.15, 0.2) is 24.3 Å². The first-order valence-corrected chi connectivity index (χ1v) is 6.47. The maximum atomic E-state index is 12.0. The first-order valence-electron chi connectivity index (χ1n) is 6.47. The van der Waals surface area contributed by atoms with Crippen molar-refractivity contribution in [1.82, 2.24) is 5.32 Å². The number of carbonyl (C=O) groups is 2. The number of nitrogens with one attached hydrogen (secondary N) is 2. The van der Waals surface area contributed by atoms with E-state index in [2.05, 4.69) is 10.6 Å². The Bertz CT molecular complexity index is 450. The van der Waals surface area contributed by atoms with Crippen LogP contribution in [0.25, 0.3) is 0 Å². The van der Waals surface area contributed by atoms with Gasteiger partial charge < -0.3 is 15.7 Å². The third kappa shape index (κ3) is 4.06. The van der Waals surface area contributed by atoms with Crippen molar-refractivity contribution in [1.29, 1.82) is 0 Å². The number of piperidine rings is 1. The number of carboxylic acid groups (broad SMARTS) is 1. The van der Waals surface area contributed by atoms with E-state index in [9.17, 15) is 9.59 Å². The summed E-state index contributed by atoms with van der Waals surface area (Å²) < 4.78 is 0. The molecule has 1 saturated heterocycles. The van der Waals surface area contributed by atoms with Gasteiger partial charge in [-0.05, 0) is 43.6 Å². The second-order valence-electron chi connectivity index (χ2n) is 4.78. The van der Waals surface area contributed by atoms with Crippen molar-refractivity contribution in [3.8, 4) is 0 Å². The number of anilines is 1. The topological polar surface area (TPSA) is 78.4 Å². The molecule has 3 N–H and O–H groups in total. The second-order valence-corrected chi connectivity index (χ2v) is 4.78. The van der Waals surface area contributed by atoms with Crippen LogP contribution in [-0.2, 0) is 16.0 Å². The van der Waals surface area contributed by atoms with Crippen LogP contribution in [0.3, 0.4) is 0 Å². The molecule has 5 nitrogen and oxygen atoms in total. The Morgan fingerprint density at radius 1 is 1.21 bits per heavy atom. The lowest BCUT2D eigenvalue weighted by atomic mass is 9.97. The van der Waals surface area contributed by atoms with Gasteiger partial charge in [0, 0.05) is 11.6 Å². The fourth-order valence-electron chi connectivity index (χ4n) is 2.21. The molecule has 1 aromatic carbocycles. The molecule has 5 heteroatoms. The molecule has 0 unspecified atom stereocenters. The van der Waals surface area contributed by atoms with E-state index < -0.39 is 5.97 Å². The molecule has 1 amide bonds. The number of hydrogen-bond acceptors (Lipinski definition) is 3. The van der Waals surface area contributed by atoms with Crippen molar-refractivity contribution in [3.63, 3.8) is 0 Å². The Kier molecular flexibility index (Phi) is 4.52. The lowest BCUT2D eigenvalue weighted by Gasteiger charge is -2.21. The SMILES string of the molecule is O=C(O)Cc1ccc(NC(=O)C2CCNCC2)cc1. The van der Waals surface area contributed by atoms with E-state index in [-0.39, 0.29) is 18.2 Å². The van der Waals surface area contributed by atoms with Gasteiger partial charge in [-0.3, -0.25) is 9.59 Å². The first kappa shape index (κ1) is 13.5. The minimum Gasteiger partial charge on any atom is -0.481 e. The average Bonchev–Trinajstić information content (AvgIpc) is 2.41. The van der Waals surface area contributed by atoms with E-state index in [0.29, 0.717) is 0 Å². The highest BCUT2D eigenvalue weighted by Gasteiger charge is 2.20. The zero-order valence-electron chi connectivity index (χ0n) is 10.7. The number of rotatable bonds is 4. The zero-order valence-corrected chi connectivity index (χ0v) is 10.7. The van der Waals surface area contributed by atoms with Crippen LogP contribution in [0.2, 0.25) is 0 Å². The van der Waals surface area contributed by atoms with Crippen LogP contribution < -0.4 is 10.6 Å². The van der Waals surface area contributed by atoms with Crippen LogP contribution in [0, 0.1) is 5.92 Å². The monoisotopic (exact) mass is 262 g/mol. The molecule has 0 bridgehead atoms. The minimum absolute atomic E-state index is 0.00250. The summed E-state index contributed by atoms with van der Waals surface area (Å²) in [5.41, 5.74) is 1.45. The predicted octanol–water partition coefficient (Wildman–Crippen LogP) is 1.25. The number of amides is 1. The molecule has 19 heavy (non-hydrogen) atoms. The van der Waals surface area contributed by atoms with Crippen molar-refractivity contribution >= 4 is 17.6 Å². The van der Waals surface area contributed by atoms with Gasteiger partial charge in [0.25, 0.3) is 0 Å². The Balaban J connectivity index is 1.91. The predicted molar refractivity (Wildman–Crippen MR) is 72.0 cm³/mol. The van der Waals surface area contributed by atoms with Crippen LogP contribution in [-0.4, -0.2) is 30.1 Å². The highest BCUT2D eigenvalue weighted by molar-refractivity contribution is 5.92. The van der Waals surface area contributed by atoms with Crippen molar-refractivity contribution < 1.29 is 14.7 Å². The highest BCUT2D eigenvalue weighted by Crippen LogP contribution is 2.16. The maximum Gasteiger partial charge on any atom is 0.307 e. The Hall–Kier alpha value is -1.88. The van der Waals surface area contributed by atoms with Gasteiger partial charge in [-0.25, -0.2) is 0 Å². The summed E-state index contributed by atoms with van der Waals surface area (Å²) in [6, 6.07) is 6.95. The van der Waals surface area contributed by atoms with E-state index >= 15 is 0 Å². The molecule has 1 heterocycles. The Morgan fingerprint density at radius 2 is 1.84 bits per heavy atom. The normalized spacial score (nSPS) is 16.0. The van der Waals surface area contributed by atoms with Crippen LogP contribution in [0.5, 0.6) is 0 Å². The van der Waals surface area contributed by atoms with E-state index in [1.165, 1.54) is 0 Å². The van der Waals surface area contributed by atoms with E-state index in [1.807, 2.05) is 0 Å². The second kappa shape index (κ2) is 6.33. The fourth-order valence-corrected chi connectivity index (χ4v) is 2.21. The summed E-state index contributed by atoms with van der Waals surface area (Å²) in [4.78, 5) is 22.6. The van der Waals surface area contributed by atoms with Gasteiger partial charge in [0.1, 0.15) is 0 Å². The number of aliphatic carboxylic acids is 1. The zero-order chi connectivity index (χ0) is 13.7. The number of benzene rings is 1. The summed E-state index contributed by atoms with van der Waals surface area (Å²) in [7, 11) is 0. The van der Waals surface area contributed by atoms with Crippen molar-refractivity contribution in [3.05, 3.63) is 29.8 Å². The molecule has 102 valence electrons. The molecule has 0 radical (unpaired) electrons. The molecule has 0 saturated carbocycles. The fraction of sp³-hybridized carbons (Fsp3) is 0.429. The standard InChI is InChI=1S/C14H18N2O3/c17-13(18)9-10-1-3-12(4-2-10)16-14(19)11-5-7-15-8-6-11/h1-4,11,15H,5-9H2,(H,16,19)(H,17,18). The summed E-state index contributed by atoms with van der Waals surface area (Å²) in [6.45, 7) is 1.77. The van der Waals surface area contributed by atoms with Crippen LogP contribution in [0.1, 0.15) is 18.4 Å². The third-order valence-corrected chi connectivity index (χ3v) is 3.29. The van der Waals surface area contributed by atoms with Gasteiger partial charge >= 0.3 is 5.97 Å². The summed E-state index contributed by atoms with van der Waals surface area (Å²) >= 11 is 0. The van der Waals surface area contributed by atoms with Gasteiger partial charge in [-0.1, -0.05) is 12.1 Å². The molecule has 0 atom stereocenters. The minimum atomic E-state index is -0.855. The molecular weight excluding hydrogens is 244 g/mol. The van der Waals surface area contributed by atoms with Gasteiger partial charge in [0.05, 0.1) is 6.42 Å². The number of hydrogen-bond donors (Lipinski definition) is 3. The first-order chi connectivity index (χ1) is 9.15. The molecule has 0 aromatic heterocycles. The molecule has 0 spiro atoms. The molecule has 1 fully saturated rings. The molecule has 1 aliphatic heterocycles. The van der Waals surface area contributed by atoms with Crippen LogP contribution >= 0.6 is 0 Å². The summed E-state index contributed by atoms with van der Waals surface area (Å²) in [5, 5.41) is 14.8. The van der Waals surface area contributed by atoms with Crippen molar-refractivity contribution in [2.45, 2.75) is 19.3 Å². The maximum absolute atomic E-state index is 12.0. The summed E-state index contributed by atoms with van der Waals surface area (Å²) in [5.74, 6) is -0.737. The van der Waals surface area contributed by atoms with E-state index in [1.54, 1.807) is 24.3 Å². The third-order valence-electron chi connectivity index (χ3n) is 3.29. The quantitative estimate of drug-likeness (QED) is 0.763. The molecule has 0 aliphatic carbocycles. The van der Waals surface area contributed by atoms with E-state index in [0.717, 1.165) is 37.2 Å². The largest absolute Gasteiger partial charge is 0.481 e. The highest BCUT2D eigenvalue weighted by atomic mass is 16.4. The molecule has 1 aliphatic rings. The van der Waals surface area contributed by atoms with Crippen molar-refractivity contribution in [2.24, 2.45) is 5.92 Å². The number of carboxylic acids is 1. The molecule has 1 aromatic rings. The molecular formula is C14H18N2O3. The van der Waals surface area contributed by atoms with Gasteiger partial charge in [0.2, 0.25) is 5.91 Å². The van der Waals surface area contributed by atoms with Gasteiger partial charge in [-0.15, -0.1) is 0 Å². The molecule has 2 rings (SSSR count). The van der Waals surface area contributed by atoms with Gasteiger partial charge in [-0.2, -0.15) is 0 Å². The van der Waals surface area contributed by atoms with Crippen molar-refractivity contribution in [2.75, 3.05) is 18.4 Å². The van der Waals surface area contributed by atoms with E-state index in [4.69, 9.17) is 5.11 Å². The number of carbonyl (C=O) groups excluding carboxylic acids is 1.